The number of thiazole rings is 1. The molecule has 0 fully saturated rings. The van der Waals surface area contributed by atoms with Crippen LogP contribution in [0, 0.1) is 6.92 Å². The second kappa shape index (κ2) is 7.90. The molecule has 150 valence electrons. The third kappa shape index (κ3) is 4.29. The third-order valence-electron chi connectivity index (χ3n) is 4.26. The first kappa shape index (κ1) is 19.5. The van der Waals surface area contributed by atoms with E-state index < -0.39 is 10.0 Å². The van der Waals surface area contributed by atoms with Gasteiger partial charge in [0.05, 0.1) is 26.4 Å². The average Bonchev–Trinajstić information content (AvgIpc) is 3.34. The molecule has 0 bridgehead atoms. The number of fused-ring (bicyclic) bond motifs is 1. The van der Waals surface area contributed by atoms with Crippen molar-refractivity contribution in [3.05, 3.63) is 64.1 Å². The van der Waals surface area contributed by atoms with Gasteiger partial charge in [0, 0.05) is 19.2 Å². The molecule has 4 aromatic rings. The van der Waals surface area contributed by atoms with Gasteiger partial charge in [0.15, 0.2) is 5.76 Å². The van der Waals surface area contributed by atoms with E-state index in [0.717, 1.165) is 15.2 Å². The molecule has 0 atom stereocenters. The quantitative estimate of drug-likeness (QED) is 0.452. The molecule has 1 aromatic carbocycles. The van der Waals surface area contributed by atoms with Gasteiger partial charge in [-0.05, 0) is 49.7 Å². The van der Waals surface area contributed by atoms with Crippen molar-refractivity contribution in [2.45, 2.75) is 24.8 Å². The Morgan fingerprint density at radius 1 is 1.21 bits per heavy atom. The molecule has 0 spiro atoms. The Balaban J connectivity index is 1.40. The number of nitrogens with one attached hydrogen (secondary N) is 1. The molecular formula is C19H18N4O4S2. The van der Waals surface area contributed by atoms with Crippen LogP contribution in [0.2, 0.25) is 0 Å². The SMILES string of the molecule is Cc1nc2ccc(S(=O)(=O)NCCCn3nc(-c4ccco4)ccc3=O)cc2s1. The minimum absolute atomic E-state index is 0.182. The van der Waals surface area contributed by atoms with Crippen molar-refractivity contribution < 1.29 is 12.8 Å². The van der Waals surface area contributed by atoms with Gasteiger partial charge in [-0.1, -0.05) is 0 Å². The van der Waals surface area contributed by atoms with E-state index in [-0.39, 0.29) is 23.5 Å². The van der Waals surface area contributed by atoms with E-state index in [2.05, 4.69) is 14.8 Å². The van der Waals surface area contributed by atoms with Crippen molar-refractivity contribution in [1.82, 2.24) is 19.5 Å². The van der Waals surface area contributed by atoms with Crippen molar-refractivity contribution in [2.24, 2.45) is 0 Å². The maximum absolute atomic E-state index is 12.5. The highest BCUT2D eigenvalue weighted by molar-refractivity contribution is 7.89. The summed E-state index contributed by atoms with van der Waals surface area (Å²) in [5.74, 6) is 0.563. The van der Waals surface area contributed by atoms with E-state index in [9.17, 15) is 13.2 Å². The molecule has 3 heterocycles. The van der Waals surface area contributed by atoms with E-state index in [1.165, 1.54) is 28.3 Å². The fourth-order valence-electron chi connectivity index (χ4n) is 2.87. The van der Waals surface area contributed by atoms with Crippen LogP contribution in [0.3, 0.4) is 0 Å². The molecule has 1 N–H and O–H groups in total. The predicted octanol–water partition coefficient (Wildman–Crippen LogP) is 2.79. The average molecular weight is 431 g/mol. The first-order valence-electron chi connectivity index (χ1n) is 8.91. The lowest BCUT2D eigenvalue weighted by atomic mass is 10.3. The molecule has 0 radical (unpaired) electrons. The summed E-state index contributed by atoms with van der Waals surface area (Å²) in [6.45, 7) is 2.35. The molecule has 0 unspecified atom stereocenters. The third-order valence-corrected chi connectivity index (χ3v) is 6.65. The zero-order valence-electron chi connectivity index (χ0n) is 15.5. The van der Waals surface area contributed by atoms with Crippen LogP contribution in [0.1, 0.15) is 11.4 Å². The lowest BCUT2D eigenvalue weighted by Crippen LogP contribution is -2.28. The van der Waals surface area contributed by atoms with Crippen molar-refractivity contribution in [1.29, 1.82) is 0 Å². The van der Waals surface area contributed by atoms with Crippen LogP contribution in [0.15, 0.2) is 62.8 Å². The number of furan rings is 1. The molecule has 0 aliphatic rings. The van der Waals surface area contributed by atoms with Crippen molar-refractivity contribution in [3.8, 4) is 11.5 Å². The van der Waals surface area contributed by atoms with Gasteiger partial charge >= 0.3 is 0 Å². The van der Waals surface area contributed by atoms with E-state index in [1.54, 1.807) is 36.4 Å². The second-order valence-electron chi connectivity index (χ2n) is 6.37. The van der Waals surface area contributed by atoms with Crippen LogP contribution in [0.5, 0.6) is 0 Å². The zero-order chi connectivity index (χ0) is 20.4. The lowest BCUT2D eigenvalue weighted by molar-refractivity contribution is 0.529. The molecule has 0 amide bonds. The molecule has 0 aliphatic carbocycles. The number of hydrogen-bond acceptors (Lipinski definition) is 7. The predicted molar refractivity (Wildman–Crippen MR) is 110 cm³/mol. The van der Waals surface area contributed by atoms with Gasteiger partial charge in [-0.25, -0.2) is 22.8 Å². The van der Waals surface area contributed by atoms with E-state index in [4.69, 9.17) is 4.42 Å². The number of sulfonamides is 1. The highest BCUT2D eigenvalue weighted by atomic mass is 32.2. The molecule has 10 heteroatoms. The van der Waals surface area contributed by atoms with Gasteiger partial charge < -0.3 is 4.42 Å². The Morgan fingerprint density at radius 2 is 2.07 bits per heavy atom. The minimum atomic E-state index is -3.64. The Hall–Kier alpha value is -2.82. The van der Waals surface area contributed by atoms with Crippen molar-refractivity contribution >= 4 is 31.6 Å². The molecule has 0 saturated carbocycles. The fraction of sp³-hybridized carbons (Fsp3) is 0.211. The van der Waals surface area contributed by atoms with Gasteiger partial charge in [0.1, 0.15) is 5.69 Å². The Kier molecular flexibility index (Phi) is 5.31. The van der Waals surface area contributed by atoms with E-state index >= 15 is 0 Å². The minimum Gasteiger partial charge on any atom is -0.463 e. The van der Waals surface area contributed by atoms with Gasteiger partial charge in [-0.2, -0.15) is 5.10 Å². The van der Waals surface area contributed by atoms with Crippen molar-refractivity contribution in [2.75, 3.05) is 6.54 Å². The normalized spacial score (nSPS) is 11.9. The van der Waals surface area contributed by atoms with Gasteiger partial charge in [-0.3, -0.25) is 4.79 Å². The highest BCUT2D eigenvalue weighted by Gasteiger charge is 2.15. The first-order valence-corrected chi connectivity index (χ1v) is 11.2. The highest BCUT2D eigenvalue weighted by Crippen LogP contribution is 2.24. The molecule has 0 aliphatic heterocycles. The monoisotopic (exact) mass is 430 g/mol. The number of aromatic nitrogens is 3. The molecule has 0 saturated heterocycles. The number of rotatable bonds is 7. The summed E-state index contributed by atoms with van der Waals surface area (Å²) in [7, 11) is -3.64. The topological polar surface area (TPSA) is 107 Å². The molecular weight excluding hydrogens is 412 g/mol. The summed E-state index contributed by atoms with van der Waals surface area (Å²) in [6, 6.07) is 11.4. The maximum atomic E-state index is 12.5. The van der Waals surface area contributed by atoms with Crippen molar-refractivity contribution in [3.63, 3.8) is 0 Å². The first-order chi connectivity index (χ1) is 13.9. The molecule has 4 rings (SSSR count). The Bertz CT molecular complexity index is 1310. The molecule has 29 heavy (non-hydrogen) atoms. The standard InChI is InChI=1S/C19H18N4O4S2/c1-13-21-16-6-5-14(12-18(16)28-13)29(25,26)20-9-3-10-23-19(24)8-7-15(22-23)17-4-2-11-27-17/h2,4-8,11-12,20H,3,9-10H2,1H3. The van der Waals surface area contributed by atoms with Crippen LogP contribution < -0.4 is 10.3 Å². The van der Waals surface area contributed by atoms with E-state index in [1.807, 2.05) is 6.92 Å². The summed E-state index contributed by atoms with van der Waals surface area (Å²) in [6.07, 6.45) is 1.95. The van der Waals surface area contributed by atoms with Crippen LogP contribution >= 0.6 is 11.3 Å². The molecule has 3 aromatic heterocycles. The second-order valence-corrected chi connectivity index (χ2v) is 9.37. The van der Waals surface area contributed by atoms with Crippen LogP contribution in [-0.4, -0.2) is 29.7 Å². The van der Waals surface area contributed by atoms with Gasteiger partial charge in [-0.15, -0.1) is 11.3 Å². The summed E-state index contributed by atoms with van der Waals surface area (Å²) in [5.41, 5.74) is 1.07. The maximum Gasteiger partial charge on any atom is 0.266 e. The lowest BCUT2D eigenvalue weighted by Gasteiger charge is -2.08. The smallest absolute Gasteiger partial charge is 0.266 e. The Morgan fingerprint density at radius 3 is 2.86 bits per heavy atom. The molecule has 8 nitrogen and oxygen atoms in total. The van der Waals surface area contributed by atoms with Crippen LogP contribution in [0.25, 0.3) is 21.7 Å². The summed E-state index contributed by atoms with van der Waals surface area (Å²) >= 11 is 1.45. The summed E-state index contributed by atoms with van der Waals surface area (Å²) < 4.78 is 35.1. The number of hydrogen-bond donors (Lipinski definition) is 1. The van der Waals surface area contributed by atoms with Crippen LogP contribution in [-0.2, 0) is 16.6 Å². The summed E-state index contributed by atoms with van der Waals surface area (Å²) in [4.78, 5) is 16.5. The summed E-state index contributed by atoms with van der Waals surface area (Å²) in [5, 5.41) is 5.16. The zero-order valence-corrected chi connectivity index (χ0v) is 17.2. The van der Waals surface area contributed by atoms with Crippen LogP contribution in [0.4, 0.5) is 0 Å². The number of benzene rings is 1. The van der Waals surface area contributed by atoms with Gasteiger partial charge in [0.25, 0.3) is 5.56 Å². The Labute approximate surface area is 170 Å². The largest absolute Gasteiger partial charge is 0.463 e. The fourth-order valence-corrected chi connectivity index (χ4v) is 4.91. The number of aryl methyl sites for hydroxylation is 2. The van der Waals surface area contributed by atoms with E-state index in [0.29, 0.717) is 17.9 Å². The van der Waals surface area contributed by atoms with Gasteiger partial charge in [0.2, 0.25) is 10.0 Å². The number of nitrogens with zero attached hydrogens (tertiary/aromatic N) is 3.